The van der Waals surface area contributed by atoms with Crippen LogP contribution >= 0.6 is 11.8 Å². The van der Waals surface area contributed by atoms with Gasteiger partial charge in [0.05, 0.1) is 0 Å². The maximum absolute atomic E-state index is 5.83. The Morgan fingerprint density at radius 1 is 1.15 bits per heavy atom. The Kier molecular flexibility index (Phi) is 9.10. The standard InChI is InChI=1S/C11H25NS/c1-4-11(12)6-5-8-13-9-7-10(2)3/h10-11H,4-9,12H2,1-3H3. The van der Waals surface area contributed by atoms with Crippen molar-refractivity contribution in [3.05, 3.63) is 0 Å². The molecule has 0 saturated heterocycles. The van der Waals surface area contributed by atoms with Crippen LogP contribution < -0.4 is 5.73 Å². The second-order valence-electron chi connectivity index (χ2n) is 4.11. The van der Waals surface area contributed by atoms with Crippen molar-refractivity contribution in [2.45, 2.75) is 52.5 Å². The molecule has 0 radical (unpaired) electrons. The van der Waals surface area contributed by atoms with Gasteiger partial charge >= 0.3 is 0 Å². The third-order valence-electron chi connectivity index (χ3n) is 2.23. The van der Waals surface area contributed by atoms with E-state index in [0.29, 0.717) is 6.04 Å². The van der Waals surface area contributed by atoms with E-state index in [2.05, 4.69) is 32.5 Å². The van der Waals surface area contributed by atoms with E-state index in [4.69, 9.17) is 5.73 Å². The molecule has 0 aromatic carbocycles. The van der Waals surface area contributed by atoms with Crippen LogP contribution in [0.1, 0.15) is 46.5 Å². The molecule has 0 saturated carbocycles. The predicted octanol–water partition coefficient (Wildman–Crippen LogP) is 3.28. The second-order valence-corrected chi connectivity index (χ2v) is 5.33. The highest BCUT2D eigenvalue weighted by molar-refractivity contribution is 7.99. The first-order chi connectivity index (χ1) is 6.16. The van der Waals surface area contributed by atoms with Crippen LogP contribution in [-0.4, -0.2) is 17.5 Å². The van der Waals surface area contributed by atoms with E-state index in [1.54, 1.807) is 0 Å². The van der Waals surface area contributed by atoms with E-state index in [9.17, 15) is 0 Å². The fraction of sp³-hybridized carbons (Fsp3) is 1.00. The molecule has 0 aliphatic rings. The minimum Gasteiger partial charge on any atom is -0.328 e. The molecule has 80 valence electrons. The van der Waals surface area contributed by atoms with Crippen molar-refractivity contribution in [3.63, 3.8) is 0 Å². The van der Waals surface area contributed by atoms with Crippen LogP contribution in [0.3, 0.4) is 0 Å². The Hall–Kier alpha value is 0.310. The largest absolute Gasteiger partial charge is 0.328 e. The zero-order chi connectivity index (χ0) is 10.1. The smallest absolute Gasteiger partial charge is 0.00364 e. The number of rotatable bonds is 8. The van der Waals surface area contributed by atoms with E-state index in [1.807, 2.05) is 0 Å². The van der Waals surface area contributed by atoms with Crippen molar-refractivity contribution in [2.75, 3.05) is 11.5 Å². The van der Waals surface area contributed by atoms with Gasteiger partial charge in [-0.2, -0.15) is 11.8 Å². The van der Waals surface area contributed by atoms with E-state index >= 15 is 0 Å². The average Bonchev–Trinajstić information content (AvgIpc) is 2.10. The zero-order valence-electron chi connectivity index (χ0n) is 9.38. The maximum atomic E-state index is 5.83. The summed E-state index contributed by atoms with van der Waals surface area (Å²) in [4.78, 5) is 0. The van der Waals surface area contributed by atoms with E-state index in [0.717, 1.165) is 12.3 Å². The topological polar surface area (TPSA) is 26.0 Å². The van der Waals surface area contributed by atoms with Gasteiger partial charge in [0, 0.05) is 6.04 Å². The number of hydrogen-bond acceptors (Lipinski definition) is 2. The lowest BCUT2D eigenvalue weighted by Gasteiger charge is -2.08. The molecule has 2 heteroatoms. The van der Waals surface area contributed by atoms with E-state index < -0.39 is 0 Å². The third-order valence-corrected chi connectivity index (χ3v) is 3.33. The summed E-state index contributed by atoms with van der Waals surface area (Å²) in [5.74, 6) is 3.46. The summed E-state index contributed by atoms with van der Waals surface area (Å²) in [6, 6.07) is 0.436. The highest BCUT2D eigenvalue weighted by Crippen LogP contribution is 2.11. The van der Waals surface area contributed by atoms with Gasteiger partial charge in [-0.1, -0.05) is 20.8 Å². The van der Waals surface area contributed by atoms with Gasteiger partial charge in [0.15, 0.2) is 0 Å². The first-order valence-electron chi connectivity index (χ1n) is 5.50. The van der Waals surface area contributed by atoms with Gasteiger partial charge in [-0.15, -0.1) is 0 Å². The highest BCUT2D eigenvalue weighted by Gasteiger charge is 1.98. The average molecular weight is 203 g/mol. The molecule has 0 heterocycles. The van der Waals surface area contributed by atoms with E-state index in [1.165, 1.54) is 30.8 Å². The predicted molar refractivity (Wildman–Crippen MR) is 64.3 cm³/mol. The minimum absolute atomic E-state index is 0.436. The quantitative estimate of drug-likeness (QED) is 0.613. The molecule has 0 aromatic heterocycles. The lowest BCUT2D eigenvalue weighted by molar-refractivity contribution is 0.589. The Bertz CT molecular complexity index is 104. The van der Waals surface area contributed by atoms with Crippen LogP contribution in [0.15, 0.2) is 0 Å². The van der Waals surface area contributed by atoms with Crippen LogP contribution in [0.5, 0.6) is 0 Å². The summed E-state index contributed by atoms with van der Waals surface area (Å²) in [6.07, 6.45) is 4.96. The summed E-state index contributed by atoms with van der Waals surface area (Å²) in [7, 11) is 0. The van der Waals surface area contributed by atoms with Crippen LogP contribution in [-0.2, 0) is 0 Å². The van der Waals surface area contributed by atoms with Crippen molar-refractivity contribution in [1.82, 2.24) is 0 Å². The molecule has 1 nitrogen and oxygen atoms in total. The second kappa shape index (κ2) is 8.89. The molecule has 0 rings (SSSR count). The summed E-state index contributed by atoms with van der Waals surface area (Å²) >= 11 is 2.08. The number of thioether (sulfide) groups is 1. The molecule has 1 atom stereocenters. The number of nitrogens with two attached hydrogens (primary N) is 1. The molecule has 1 unspecified atom stereocenters. The van der Waals surface area contributed by atoms with Crippen LogP contribution in [0, 0.1) is 5.92 Å². The van der Waals surface area contributed by atoms with Crippen molar-refractivity contribution in [3.8, 4) is 0 Å². The summed E-state index contributed by atoms with van der Waals surface area (Å²) in [5.41, 5.74) is 5.83. The minimum atomic E-state index is 0.436. The number of hydrogen-bond donors (Lipinski definition) is 1. The van der Waals surface area contributed by atoms with Gasteiger partial charge < -0.3 is 5.73 Å². The zero-order valence-corrected chi connectivity index (χ0v) is 10.2. The summed E-state index contributed by atoms with van der Waals surface area (Å²) < 4.78 is 0. The summed E-state index contributed by atoms with van der Waals surface area (Å²) in [5, 5.41) is 0. The molecule has 13 heavy (non-hydrogen) atoms. The first kappa shape index (κ1) is 13.3. The normalized spacial score (nSPS) is 13.6. The van der Waals surface area contributed by atoms with Gasteiger partial charge in [0.25, 0.3) is 0 Å². The molecule has 0 aromatic rings. The molecule has 0 amide bonds. The molecular weight excluding hydrogens is 178 g/mol. The SMILES string of the molecule is CCC(N)CCCSCCC(C)C. The molecule has 0 aliphatic carbocycles. The maximum Gasteiger partial charge on any atom is 0.00364 e. The Morgan fingerprint density at radius 2 is 1.85 bits per heavy atom. The molecule has 2 N–H and O–H groups in total. The fourth-order valence-corrected chi connectivity index (χ4v) is 2.29. The lowest BCUT2D eigenvalue weighted by atomic mass is 10.1. The Morgan fingerprint density at radius 3 is 2.38 bits per heavy atom. The Balaban J connectivity index is 2.99. The molecule has 0 fully saturated rings. The first-order valence-corrected chi connectivity index (χ1v) is 6.65. The van der Waals surface area contributed by atoms with Gasteiger partial charge in [0.1, 0.15) is 0 Å². The van der Waals surface area contributed by atoms with Gasteiger partial charge in [-0.25, -0.2) is 0 Å². The van der Waals surface area contributed by atoms with Gasteiger partial charge in [0.2, 0.25) is 0 Å². The fourth-order valence-electron chi connectivity index (χ4n) is 1.07. The monoisotopic (exact) mass is 203 g/mol. The van der Waals surface area contributed by atoms with Crippen LogP contribution in [0.25, 0.3) is 0 Å². The van der Waals surface area contributed by atoms with Crippen molar-refractivity contribution < 1.29 is 0 Å². The van der Waals surface area contributed by atoms with Crippen molar-refractivity contribution in [2.24, 2.45) is 11.7 Å². The Labute approximate surface area is 87.9 Å². The van der Waals surface area contributed by atoms with Crippen LogP contribution in [0.2, 0.25) is 0 Å². The van der Waals surface area contributed by atoms with Crippen molar-refractivity contribution >= 4 is 11.8 Å². The highest BCUT2D eigenvalue weighted by atomic mass is 32.2. The molecule has 0 spiro atoms. The molecular formula is C11H25NS. The van der Waals surface area contributed by atoms with Crippen molar-refractivity contribution in [1.29, 1.82) is 0 Å². The lowest BCUT2D eigenvalue weighted by Crippen LogP contribution is -2.18. The summed E-state index contributed by atoms with van der Waals surface area (Å²) in [6.45, 7) is 6.73. The molecule has 0 bridgehead atoms. The molecule has 0 aliphatic heterocycles. The van der Waals surface area contributed by atoms with Gasteiger partial charge in [-0.05, 0) is 43.1 Å². The van der Waals surface area contributed by atoms with Gasteiger partial charge in [-0.3, -0.25) is 0 Å². The van der Waals surface area contributed by atoms with Crippen LogP contribution in [0.4, 0.5) is 0 Å². The third kappa shape index (κ3) is 10.2. The van der Waals surface area contributed by atoms with E-state index in [-0.39, 0.29) is 0 Å².